The number of carbonyl (C=O) groups excluding carboxylic acids is 2. The average Bonchev–Trinajstić information content (AvgIpc) is 3.17. The van der Waals surface area contributed by atoms with Crippen LogP contribution in [0.4, 0.5) is 5.69 Å². The Balaban J connectivity index is 1.51. The molecule has 162 valence electrons. The molecule has 2 aromatic heterocycles. The van der Waals surface area contributed by atoms with Crippen molar-refractivity contribution in [2.45, 2.75) is 26.2 Å². The number of ether oxygens (including phenoxy) is 1. The number of rotatable bonds is 7. The van der Waals surface area contributed by atoms with Crippen molar-refractivity contribution in [1.29, 1.82) is 0 Å². The lowest BCUT2D eigenvalue weighted by Gasteiger charge is -2.10. The summed E-state index contributed by atoms with van der Waals surface area (Å²) in [4.78, 5) is 32.5. The Morgan fingerprint density at radius 2 is 1.88 bits per heavy atom. The fourth-order valence-corrected chi connectivity index (χ4v) is 3.87. The number of para-hydroxylation sites is 1. The Labute approximate surface area is 186 Å². The summed E-state index contributed by atoms with van der Waals surface area (Å²) in [6.45, 7) is 2.07. The molecular formula is C26H25N3O3. The highest BCUT2D eigenvalue weighted by Crippen LogP contribution is 2.31. The van der Waals surface area contributed by atoms with Gasteiger partial charge in [0, 0.05) is 23.5 Å². The second-order valence-corrected chi connectivity index (χ2v) is 7.68. The smallest absolute Gasteiger partial charge is 0.339 e. The van der Waals surface area contributed by atoms with E-state index < -0.39 is 5.97 Å². The number of amides is 1. The van der Waals surface area contributed by atoms with Gasteiger partial charge in [-0.2, -0.15) is 0 Å². The standard InChI is InChI=1S/C26H25N3O3/c1-17-13-14-22-20(16-17)18(25(29-22)23-11-5-6-15-27-23)9-7-12-24(30)28-21-10-4-3-8-19(21)26(31)32-2/h3-6,8,10-11,13-16,29H,7,9,12H2,1-2H3,(H,28,30). The van der Waals surface area contributed by atoms with Gasteiger partial charge in [0.25, 0.3) is 0 Å². The predicted octanol–water partition coefficient (Wildman–Crippen LogP) is 5.29. The zero-order valence-electron chi connectivity index (χ0n) is 18.1. The predicted molar refractivity (Wildman–Crippen MR) is 126 cm³/mol. The topological polar surface area (TPSA) is 84.1 Å². The Hall–Kier alpha value is -3.93. The number of hydrogen-bond donors (Lipinski definition) is 2. The molecule has 0 unspecified atom stereocenters. The number of carbonyl (C=O) groups is 2. The Kier molecular flexibility index (Phi) is 6.31. The summed E-state index contributed by atoms with van der Waals surface area (Å²) in [7, 11) is 1.32. The van der Waals surface area contributed by atoms with E-state index in [1.807, 2.05) is 18.2 Å². The van der Waals surface area contributed by atoms with Gasteiger partial charge in [-0.25, -0.2) is 4.79 Å². The maximum Gasteiger partial charge on any atom is 0.339 e. The lowest BCUT2D eigenvalue weighted by molar-refractivity contribution is -0.116. The number of esters is 1. The van der Waals surface area contributed by atoms with Crippen molar-refractivity contribution in [1.82, 2.24) is 9.97 Å². The molecular weight excluding hydrogens is 402 g/mol. The van der Waals surface area contributed by atoms with Crippen molar-refractivity contribution in [3.63, 3.8) is 0 Å². The Bertz CT molecular complexity index is 1260. The van der Waals surface area contributed by atoms with Gasteiger partial charge in [-0.15, -0.1) is 0 Å². The summed E-state index contributed by atoms with van der Waals surface area (Å²) in [6.07, 6.45) is 3.49. The van der Waals surface area contributed by atoms with Gasteiger partial charge in [-0.05, 0) is 61.7 Å². The second-order valence-electron chi connectivity index (χ2n) is 7.68. The fourth-order valence-electron chi connectivity index (χ4n) is 3.87. The minimum absolute atomic E-state index is 0.142. The average molecular weight is 428 g/mol. The summed E-state index contributed by atoms with van der Waals surface area (Å²) < 4.78 is 4.79. The van der Waals surface area contributed by atoms with Crippen LogP contribution in [-0.4, -0.2) is 29.0 Å². The van der Waals surface area contributed by atoms with E-state index in [9.17, 15) is 9.59 Å². The first kappa shape index (κ1) is 21.3. The molecule has 6 nitrogen and oxygen atoms in total. The van der Waals surface area contributed by atoms with Gasteiger partial charge in [-0.1, -0.05) is 29.8 Å². The summed E-state index contributed by atoms with van der Waals surface area (Å²) in [5.41, 5.74) is 6.07. The van der Waals surface area contributed by atoms with Crippen LogP contribution in [0, 0.1) is 6.92 Å². The molecule has 2 aromatic carbocycles. The third-order valence-electron chi connectivity index (χ3n) is 5.42. The molecule has 0 saturated carbocycles. The molecule has 32 heavy (non-hydrogen) atoms. The van der Waals surface area contributed by atoms with Gasteiger partial charge >= 0.3 is 5.97 Å². The third kappa shape index (κ3) is 4.54. The van der Waals surface area contributed by atoms with Crippen LogP contribution in [0.5, 0.6) is 0 Å². The summed E-state index contributed by atoms with van der Waals surface area (Å²) in [5, 5.41) is 3.99. The van der Waals surface area contributed by atoms with Crippen LogP contribution in [0.2, 0.25) is 0 Å². The number of aryl methyl sites for hydroxylation is 2. The van der Waals surface area contributed by atoms with Crippen molar-refractivity contribution < 1.29 is 14.3 Å². The first-order chi connectivity index (χ1) is 15.6. The molecule has 2 heterocycles. The van der Waals surface area contributed by atoms with E-state index in [4.69, 9.17) is 4.74 Å². The molecule has 0 aliphatic heterocycles. The zero-order chi connectivity index (χ0) is 22.5. The van der Waals surface area contributed by atoms with Crippen molar-refractivity contribution in [3.8, 4) is 11.4 Å². The molecule has 0 saturated heterocycles. The fraction of sp³-hybridized carbons (Fsp3) is 0.192. The summed E-state index contributed by atoms with van der Waals surface area (Å²) >= 11 is 0. The van der Waals surface area contributed by atoms with Gasteiger partial charge in [0.15, 0.2) is 0 Å². The maximum atomic E-state index is 12.6. The molecule has 0 atom stereocenters. The van der Waals surface area contributed by atoms with Crippen molar-refractivity contribution >= 4 is 28.5 Å². The van der Waals surface area contributed by atoms with Crippen LogP contribution in [-0.2, 0) is 16.0 Å². The summed E-state index contributed by atoms with van der Waals surface area (Å²) in [6, 6.07) is 19.0. The molecule has 0 spiro atoms. The van der Waals surface area contributed by atoms with E-state index in [-0.39, 0.29) is 5.91 Å². The molecule has 0 radical (unpaired) electrons. The molecule has 0 bridgehead atoms. The van der Waals surface area contributed by atoms with Crippen molar-refractivity contribution in [3.05, 3.63) is 83.6 Å². The quantitative estimate of drug-likeness (QED) is 0.393. The monoisotopic (exact) mass is 427 g/mol. The minimum atomic E-state index is -0.477. The van der Waals surface area contributed by atoms with Crippen molar-refractivity contribution in [2.75, 3.05) is 12.4 Å². The molecule has 1 amide bonds. The molecule has 4 rings (SSSR count). The zero-order valence-corrected chi connectivity index (χ0v) is 18.1. The van der Waals surface area contributed by atoms with E-state index in [0.717, 1.165) is 34.3 Å². The largest absolute Gasteiger partial charge is 0.465 e. The highest BCUT2D eigenvalue weighted by Gasteiger charge is 2.16. The summed E-state index contributed by atoms with van der Waals surface area (Å²) in [5.74, 6) is -0.619. The lowest BCUT2D eigenvalue weighted by Crippen LogP contribution is -2.15. The SMILES string of the molecule is COC(=O)c1ccccc1NC(=O)CCCc1c(-c2ccccn2)[nH]c2ccc(C)cc12. The number of fused-ring (bicyclic) bond motifs is 1. The number of aromatic nitrogens is 2. The number of hydrogen-bond acceptors (Lipinski definition) is 4. The second kappa shape index (κ2) is 9.47. The van der Waals surface area contributed by atoms with Crippen LogP contribution in [0.25, 0.3) is 22.3 Å². The molecule has 0 aliphatic rings. The maximum absolute atomic E-state index is 12.6. The number of nitrogens with one attached hydrogen (secondary N) is 2. The molecule has 0 aliphatic carbocycles. The van der Waals surface area contributed by atoms with E-state index in [1.54, 1.807) is 30.5 Å². The normalized spacial score (nSPS) is 10.8. The van der Waals surface area contributed by atoms with E-state index in [1.165, 1.54) is 12.7 Å². The minimum Gasteiger partial charge on any atom is -0.465 e. The number of benzene rings is 2. The Morgan fingerprint density at radius 1 is 1.06 bits per heavy atom. The van der Waals surface area contributed by atoms with Gasteiger partial charge in [0.05, 0.1) is 29.7 Å². The van der Waals surface area contributed by atoms with E-state index in [0.29, 0.717) is 24.1 Å². The van der Waals surface area contributed by atoms with Crippen LogP contribution >= 0.6 is 0 Å². The van der Waals surface area contributed by atoms with Gasteiger partial charge in [0.2, 0.25) is 5.91 Å². The van der Waals surface area contributed by atoms with Crippen LogP contribution < -0.4 is 5.32 Å². The van der Waals surface area contributed by atoms with Crippen LogP contribution in [0.3, 0.4) is 0 Å². The number of H-pyrrole nitrogens is 1. The lowest BCUT2D eigenvalue weighted by atomic mass is 10.0. The molecule has 0 fully saturated rings. The van der Waals surface area contributed by atoms with Gasteiger partial charge in [-0.3, -0.25) is 9.78 Å². The highest BCUT2D eigenvalue weighted by molar-refractivity contribution is 6.01. The van der Waals surface area contributed by atoms with Gasteiger partial charge in [0.1, 0.15) is 0 Å². The van der Waals surface area contributed by atoms with Gasteiger partial charge < -0.3 is 15.0 Å². The molecule has 2 N–H and O–H groups in total. The first-order valence-corrected chi connectivity index (χ1v) is 10.6. The van der Waals surface area contributed by atoms with Crippen LogP contribution in [0.1, 0.15) is 34.3 Å². The van der Waals surface area contributed by atoms with E-state index >= 15 is 0 Å². The third-order valence-corrected chi connectivity index (χ3v) is 5.42. The molecule has 6 heteroatoms. The number of methoxy groups -OCH3 is 1. The van der Waals surface area contributed by atoms with Crippen molar-refractivity contribution in [2.24, 2.45) is 0 Å². The number of anilines is 1. The number of pyridine rings is 1. The van der Waals surface area contributed by atoms with Crippen LogP contribution in [0.15, 0.2) is 66.9 Å². The Morgan fingerprint density at radius 3 is 2.66 bits per heavy atom. The molecule has 4 aromatic rings. The highest BCUT2D eigenvalue weighted by atomic mass is 16.5. The number of nitrogens with zero attached hydrogens (tertiary/aromatic N) is 1. The van der Waals surface area contributed by atoms with E-state index in [2.05, 4.69) is 40.4 Å². The first-order valence-electron chi connectivity index (χ1n) is 10.6. The number of aromatic amines is 1.